The number of nitrogens with one attached hydrogen (secondary N) is 1. The predicted octanol–water partition coefficient (Wildman–Crippen LogP) is 4.23. The molecule has 198 valence electrons. The third-order valence-corrected chi connectivity index (χ3v) is 8.13. The first kappa shape index (κ1) is 27.4. The first-order valence-electron chi connectivity index (χ1n) is 13.1. The van der Waals surface area contributed by atoms with Crippen molar-refractivity contribution in [2.45, 2.75) is 71.1 Å². The van der Waals surface area contributed by atoms with Crippen LogP contribution in [0.2, 0.25) is 0 Å². The highest BCUT2D eigenvalue weighted by Gasteiger charge is 2.39. The number of likely N-dealkylation sites (tertiary alicyclic amines) is 1. The molecule has 7 heteroatoms. The largest absolute Gasteiger partial charge is 0.350 e. The summed E-state index contributed by atoms with van der Waals surface area (Å²) in [5.41, 5.74) is 12.4. The van der Waals surface area contributed by atoms with Gasteiger partial charge in [0.05, 0.1) is 6.04 Å². The Bertz CT molecular complexity index is 1160. The van der Waals surface area contributed by atoms with Crippen LogP contribution >= 0.6 is 11.6 Å². The highest BCUT2D eigenvalue weighted by Crippen LogP contribution is 2.31. The van der Waals surface area contributed by atoms with E-state index < -0.39 is 12.1 Å². The van der Waals surface area contributed by atoms with Crippen molar-refractivity contribution >= 4 is 28.4 Å². The van der Waals surface area contributed by atoms with E-state index in [1.165, 1.54) is 16.7 Å². The van der Waals surface area contributed by atoms with Gasteiger partial charge in [-0.1, -0.05) is 67.9 Å². The SMILES string of the molecule is C.N[C@H](CCCCN1CCc2ccccc2C1)C(=O)N1CC[C@H]1C(=O)NCc1ccc2c(c1)C(Cl)=CC2. The van der Waals surface area contributed by atoms with Gasteiger partial charge in [-0.25, -0.2) is 0 Å². The van der Waals surface area contributed by atoms with Crippen LogP contribution in [0.15, 0.2) is 48.5 Å². The zero-order chi connectivity index (χ0) is 25.1. The van der Waals surface area contributed by atoms with E-state index in [1.807, 2.05) is 18.2 Å². The molecule has 2 heterocycles. The van der Waals surface area contributed by atoms with Crippen LogP contribution in [0.4, 0.5) is 0 Å². The smallest absolute Gasteiger partial charge is 0.243 e. The van der Waals surface area contributed by atoms with Gasteiger partial charge in [0.2, 0.25) is 11.8 Å². The van der Waals surface area contributed by atoms with Crippen LogP contribution in [-0.2, 0) is 35.5 Å². The summed E-state index contributed by atoms with van der Waals surface area (Å²) in [5, 5.41) is 3.75. The number of hydrogen-bond donors (Lipinski definition) is 2. The third-order valence-electron chi connectivity index (χ3n) is 7.77. The first-order valence-corrected chi connectivity index (χ1v) is 13.5. The molecule has 0 unspecified atom stereocenters. The van der Waals surface area contributed by atoms with Gasteiger partial charge in [0.15, 0.2) is 0 Å². The number of nitrogens with zero attached hydrogens (tertiary/aromatic N) is 2. The second-order valence-corrected chi connectivity index (χ2v) is 10.6. The monoisotopic (exact) mass is 522 g/mol. The average Bonchev–Trinajstić information content (AvgIpc) is 3.24. The van der Waals surface area contributed by atoms with Crippen LogP contribution in [0.1, 0.15) is 60.9 Å². The van der Waals surface area contributed by atoms with E-state index >= 15 is 0 Å². The van der Waals surface area contributed by atoms with Crippen LogP contribution in [0.3, 0.4) is 0 Å². The Morgan fingerprint density at radius 1 is 1.08 bits per heavy atom. The van der Waals surface area contributed by atoms with Gasteiger partial charge in [-0.05, 0) is 72.5 Å². The van der Waals surface area contributed by atoms with Gasteiger partial charge < -0.3 is 16.0 Å². The molecule has 5 rings (SSSR count). The molecule has 3 aliphatic rings. The van der Waals surface area contributed by atoms with E-state index in [0.29, 0.717) is 25.9 Å². The second kappa shape index (κ2) is 12.2. The summed E-state index contributed by atoms with van der Waals surface area (Å²) in [7, 11) is 0. The van der Waals surface area contributed by atoms with E-state index in [4.69, 9.17) is 17.3 Å². The molecule has 2 amide bonds. The quantitative estimate of drug-likeness (QED) is 0.483. The summed E-state index contributed by atoms with van der Waals surface area (Å²) in [6, 6.07) is 13.8. The molecule has 2 atom stereocenters. The predicted molar refractivity (Wildman–Crippen MR) is 150 cm³/mol. The van der Waals surface area contributed by atoms with Crippen molar-refractivity contribution in [2.75, 3.05) is 19.6 Å². The molecule has 0 aromatic heterocycles. The molecule has 1 saturated heterocycles. The number of hydrogen-bond acceptors (Lipinski definition) is 4. The lowest BCUT2D eigenvalue weighted by Crippen LogP contribution is -2.61. The highest BCUT2D eigenvalue weighted by molar-refractivity contribution is 6.49. The average molecular weight is 523 g/mol. The van der Waals surface area contributed by atoms with Crippen LogP contribution in [-0.4, -0.2) is 53.3 Å². The van der Waals surface area contributed by atoms with Crippen molar-refractivity contribution in [3.63, 3.8) is 0 Å². The number of allylic oxidation sites excluding steroid dienone is 1. The minimum Gasteiger partial charge on any atom is -0.350 e. The highest BCUT2D eigenvalue weighted by atomic mass is 35.5. The van der Waals surface area contributed by atoms with Gasteiger partial charge in [-0.2, -0.15) is 0 Å². The molecule has 0 saturated carbocycles. The summed E-state index contributed by atoms with van der Waals surface area (Å²) in [6.07, 6.45) is 7.22. The molecule has 0 radical (unpaired) electrons. The van der Waals surface area contributed by atoms with E-state index in [1.54, 1.807) is 4.90 Å². The second-order valence-electron chi connectivity index (χ2n) is 10.2. The van der Waals surface area contributed by atoms with Crippen molar-refractivity contribution < 1.29 is 9.59 Å². The fourth-order valence-electron chi connectivity index (χ4n) is 5.46. The summed E-state index contributed by atoms with van der Waals surface area (Å²) in [4.78, 5) is 29.8. The van der Waals surface area contributed by atoms with E-state index in [0.717, 1.165) is 61.5 Å². The third kappa shape index (κ3) is 6.25. The summed E-state index contributed by atoms with van der Waals surface area (Å²) < 4.78 is 0. The zero-order valence-corrected chi connectivity index (χ0v) is 21.5. The Kier molecular flexibility index (Phi) is 9.06. The Morgan fingerprint density at radius 3 is 2.68 bits per heavy atom. The Balaban J connectivity index is 0.00000320. The van der Waals surface area contributed by atoms with Gasteiger partial charge >= 0.3 is 0 Å². The molecular weight excluding hydrogens is 484 g/mol. The van der Waals surface area contributed by atoms with E-state index in [9.17, 15) is 9.59 Å². The molecule has 0 spiro atoms. The van der Waals surface area contributed by atoms with Crippen molar-refractivity contribution in [1.82, 2.24) is 15.1 Å². The number of carbonyl (C=O) groups is 2. The molecule has 1 fully saturated rings. The number of amides is 2. The lowest BCUT2D eigenvalue weighted by Gasteiger charge is -2.41. The number of rotatable bonds is 9. The molecule has 3 N–H and O–H groups in total. The maximum absolute atomic E-state index is 12.9. The van der Waals surface area contributed by atoms with Gasteiger partial charge in [-0.3, -0.25) is 14.5 Å². The Morgan fingerprint density at radius 2 is 1.89 bits per heavy atom. The van der Waals surface area contributed by atoms with Crippen molar-refractivity contribution in [3.8, 4) is 0 Å². The molecular formula is C30H39ClN4O2. The maximum atomic E-state index is 12.9. The van der Waals surface area contributed by atoms with Crippen LogP contribution in [0.5, 0.6) is 0 Å². The standard InChI is InChI=1S/C29H35ClN4O2.CH4/c30-25-11-10-22-9-8-20(17-24(22)25)18-32-28(35)27-13-16-34(27)29(36)26(31)7-3-4-14-33-15-12-21-5-1-2-6-23(21)19-33;/h1-2,5-6,8-9,11,17,26-27H,3-4,7,10,12-16,18-19,31H2,(H,32,35);1H4/t26-,27+;/m1./s1. The molecule has 0 bridgehead atoms. The normalized spacial score (nSPS) is 19.1. The van der Waals surface area contributed by atoms with E-state index in [-0.39, 0.29) is 19.2 Å². The number of unbranched alkanes of at least 4 members (excludes halogenated alkanes) is 1. The fraction of sp³-hybridized carbons (Fsp3) is 0.467. The molecule has 6 nitrogen and oxygen atoms in total. The van der Waals surface area contributed by atoms with Gasteiger partial charge in [0.1, 0.15) is 6.04 Å². The Labute approximate surface area is 225 Å². The summed E-state index contributed by atoms with van der Waals surface area (Å²) in [5.74, 6) is -0.225. The van der Waals surface area contributed by atoms with Crippen LogP contribution in [0, 0.1) is 0 Å². The number of benzene rings is 2. The van der Waals surface area contributed by atoms with Gasteiger partial charge in [0.25, 0.3) is 0 Å². The van der Waals surface area contributed by atoms with Crippen molar-refractivity contribution in [3.05, 3.63) is 76.4 Å². The lowest BCUT2D eigenvalue weighted by atomic mass is 9.98. The number of halogens is 1. The molecule has 2 aliphatic heterocycles. The summed E-state index contributed by atoms with van der Waals surface area (Å²) in [6.45, 7) is 4.12. The van der Waals surface area contributed by atoms with Crippen LogP contribution in [0.25, 0.3) is 5.03 Å². The van der Waals surface area contributed by atoms with Crippen molar-refractivity contribution in [1.29, 1.82) is 0 Å². The minimum absolute atomic E-state index is 0. The fourth-order valence-corrected chi connectivity index (χ4v) is 5.71. The number of nitrogens with two attached hydrogens (primary N) is 1. The van der Waals surface area contributed by atoms with Gasteiger partial charge in [0, 0.05) is 31.2 Å². The minimum atomic E-state index is -0.548. The Hall–Kier alpha value is -2.67. The van der Waals surface area contributed by atoms with Crippen LogP contribution < -0.4 is 11.1 Å². The lowest BCUT2D eigenvalue weighted by molar-refractivity contribution is -0.148. The van der Waals surface area contributed by atoms with Crippen molar-refractivity contribution in [2.24, 2.45) is 5.73 Å². The topological polar surface area (TPSA) is 78.7 Å². The number of carbonyl (C=O) groups excluding carboxylic acids is 2. The summed E-state index contributed by atoms with van der Waals surface area (Å²) >= 11 is 6.26. The molecule has 2 aromatic rings. The number of fused-ring (bicyclic) bond motifs is 2. The zero-order valence-electron chi connectivity index (χ0n) is 20.7. The molecule has 37 heavy (non-hydrogen) atoms. The maximum Gasteiger partial charge on any atom is 0.243 e. The molecule has 2 aromatic carbocycles. The van der Waals surface area contributed by atoms with Gasteiger partial charge in [-0.15, -0.1) is 0 Å². The molecule has 1 aliphatic carbocycles. The van der Waals surface area contributed by atoms with E-state index in [2.05, 4.69) is 40.5 Å². The first-order chi connectivity index (χ1) is 17.5.